The lowest BCUT2D eigenvalue weighted by atomic mass is 10.0. The molecule has 4 nitrogen and oxygen atoms in total. The fraction of sp³-hybridized carbons (Fsp3) is 0.917. The van der Waals surface area contributed by atoms with Gasteiger partial charge in [-0.3, -0.25) is 0 Å². The van der Waals surface area contributed by atoms with Gasteiger partial charge in [0, 0.05) is 13.0 Å². The van der Waals surface area contributed by atoms with Crippen LogP contribution in [0.1, 0.15) is 27.2 Å². The van der Waals surface area contributed by atoms with Crippen LogP contribution in [-0.4, -0.2) is 39.2 Å². The minimum absolute atomic E-state index is 0.0697. The summed E-state index contributed by atoms with van der Waals surface area (Å²) in [5.74, 6) is -0.395. The third-order valence-electron chi connectivity index (χ3n) is 2.27. The van der Waals surface area contributed by atoms with Crippen molar-refractivity contribution < 1.29 is 19.1 Å². The van der Waals surface area contributed by atoms with Gasteiger partial charge in [-0.25, -0.2) is 4.79 Å². The fourth-order valence-corrected chi connectivity index (χ4v) is 5.80. The molecule has 0 saturated carbocycles. The standard InChI is InChI=1S/C12H26O4Si/c1-12(2,3)9-17(5,6)16-10(7-8-13)11(14)15-4/h10,13H,7-9H2,1-6H3/t10-/m0/s1. The van der Waals surface area contributed by atoms with Gasteiger partial charge >= 0.3 is 5.97 Å². The first kappa shape index (κ1) is 16.6. The van der Waals surface area contributed by atoms with Gasteiger partial charge in [0.25, 0.3) is 0 Å². The van der Waals surface area contributed by atoms with Crippen LogP contribution in [0.3, 0.4) is 0 Å². The summed E-state index contributed by atoms with van der Waals surface area (Å²) in [4.78, 5) is 11.5. The van der Waals surface area contributed by atoms with E-state index in [0.29, 0.717) is 6.42 Å². The average molecular weight is 262 g/mol. The lowest BCUT2D eigenvalue weighted by Crippen LogP contribution is -2.42. The summed E-state index contributed by atoms with van der Waals surface area (Å²) in [6, 6.07) is 0.957. The molecule has 0 amide bonds. The summed E-state index contributed by atoms with van der Waals surface area (Å²) in [6.07, 6.45) is -0.332. The molecule has 17 heavy (non-hydrogen) atoms. The van der Waals surface area contributed by atoms with Crippen molar-refractivity contribution in [2.75, 3.05) is 13.7 Å². The maximum atomic E-state index is 11.5. The maximum absolute atomic E-state index is 11.5. The first-order valence-electron chi connectivity index (χ1n) is 5.98. The quantitative estimate of drug-likeness (QED) is 0.589. The molecule has 0 heterocycles. The molecule has 0 aromatic carbocycles. The lowest BCUT2D eigenvalue weighted by Gasteiger charge is -2.33. The highest BCUT2D eigenvalue weighted by atomic mass is 28.4. The van der Waals surface area contributed by atoms with Gasteiger partial charge in [-0.1, -0.05) is 20.8 Å². The summed E-state index contributed by atoms with van der Waals surface area (Å²) in [5.41, 5.74) is 0.176. The number of ether oxygens (including phenoxy) is 1. The molecule has 0 aliphatic rings. The number of esters is 1. The van der Waals surface area contributed by atoms with E-state index in [4.69, 9.17) is 9.53 Å². The number of rotatable bonds is 6. The molecule has 0 aromatic rings. The van der Waals surface area contributed by atoms with Gasteiger partial charge in [0.05, 0.1) is 7.11 Å². The van der Waals surface area contributed by atoms with Crippen molar-refractivity contribution in [2.45, 2.75) is 52.4 Å². The number of carbonyl (C=O) groups is 1. The summed E-state index contributed by atoms with van der Waals surface area (Å²) < 4.78 is 10.6. The van der Waals surface area contributed by atoms with E-state index in [-0.39, 0.29) is 12.0 Å². The Morgan fingerprint density at radius 3 is 2.24 bits per heavy atom. The molecular weight excluding hydrogens is 236 g/mol. The Hall–Kier alpha value is -0.393. The van der Waals surface area contributed by atoms with E-state index in [2.05, 4.69) is 38.6 Å². The highest BCUT2D eigenvalue weighted by Gasteiger charge is 2.34. The Kier molecular flexibility index (Phi) is 6.36. The van der Waals surface area contributed by atoms with Crippen molar-refractivity contribution in [3.8, 4) is 0 Å². The van der Waals surface area contributed by atoms with E-state index in [9.17, 15) is 4.79 Å². The Balaban J connectivity index is 4.57. The normalized spacial score (nSPS) is 14.5. The predicted molar refractivity (Wildman–Crippen MR) is 70.3 cm³/mol. The number of methoxy groups -OCH3 is 1. The second-order valence-electron chi connectivity index (χ2n) is 6.14. The van der Waals surface area contributed by atoms with E-state index in [0.717, 1.165) is 6.04 Å². The van der Waals surface area contributed by atoms with E-state index in [1.165, 1.54) is 7.11 Å². The molecule has 0 unspecified atom stereocenters. The molecule has 0 spiro atoms. The van der Waals surface area contributed by atoms with E-state index < -0.39 is 20.4 Å². The van der Waals surface area contributed by atoms with Crippen LogP contribution in [0.5, 0.6) is 0 Å². The molecule has 0 bridgehead atoms. The number of hydrogen-bond donors (Lipinski definition) is 1. The molecule has 0 rings (SSSR count). The summed E-state index contributed by atoms with van der Waals surface area (Å²) in [7, 11) is -0.588. The van der Waals surface area contributed by atoms with Crippen LogP contribution in [0, 0.1) is 5.41 Å². The molecule has 0 radical (unpaired) electrons. The van der Waals surface area contributed by atoms with Crippen LogP contribution in [0.15, 0.2) is 0 Å². The Morgan fingerprint density at radius 2 is 1.88 bits per heavy atom. The monoisotopic (exact) mass is 262 g/mol. The minimum Gasteiger partial charge on any atom is -0.467 e. The minimum atomic E-state index is -1.93. The smallest absolute Gasteiger partial charge is 0.333 e. The van der Waals surface area contributed by atoms with E-state index >= 15 is 0 Å². The van der Waals surface area contributed by atoms with Crippen LogP contribution in [0.4, 0.5) is 0 Å². The summed E-state index contributed by atoms with van der Waals surface area (Å²) in [6.45, 7) is 10.6. The number of hydrogen-bond acceptors (Lipinski definition) is 4. The Morgan fingerprint density at radius 1 is 1.35 bits per heavy atom. The average Bonchev–Trinajstić information content (AvgIpc) is 2.11. The van der Waals surface area contributed by atoms with Gasteiger partial charge in [-0.2, -0.15) is 0 Å². The Labute approximate surface area is 105 Å². The molecule has 5 heteroatoms. The molecule has 0 saturated heterocycles. The van der Waals surface area contributed by atoms with Gasteiger partial charge in [0.2, 0.25) is 0 Å². The van der Waals surface area contributed by atoms with Gasteiger partial charge in [-0.15, -0.1) is 0 Å². The zero-order chi connectivity index (χ0) is 13.7. The van der Waals surface area contributed by atoms with E-state index in [1.807, 2.05) is 0 Å². The van der Waals surface area contributed by atoms with Crippen molar-refractivity contribution in [3.05, 3.63) is 0 Å². The zero-order valence-corrected chi connectivity index (χ0v) is 12.9. The molecule has 0 aliphatic carbocycles. The number of aliphatic hydroxyl groups is 1. The summed E-state index contributed by atoms with van der Waals surface area (Å²) in [5, 5.41) is 8.94. The van der Waals surface area contributed by atoms with Crippen molar-refractivity contribution in [1.29, 1.82) is 0 Å². The predicted octanol–water partition coefficient (Wildman–Crippen LogP) is 2.18. The van der Waals surface area contributed by atoms with Gasteiger partial charge in [-0.05, 0) is 24.6 Å². The third-order valence-corrected chi connectivity index (χ3v) is 5.11. The molecule has 1 N–H and O–H groups in total. The topological polar surface area (TPSA) is 55.8 Å². The second-order valence-corrected chi connectivity index (χ2v) is 10.2. The molecule has 0 aliphatic heterocycles. The molecule has 0 fully saturated rings. The van der Waals surface area contributed by atoms with Crippen molar-refractivity contribution >= 4 is 14.3 Å². The van der Waals surface area contributed by atoms with Crippen LogP contribution in [0.2, 0.25) is 19.1 Å². The third kappa shape index (κ3) is 7.52. The van der Waals surface area contributed by atoms with Crippen LogP contribution in [0.25, 0.3) is 0 Å². The van der Waals surface area contributed by atoms with Crippen molar-refractivity contribution in [2.24, 2.45) is 5.41 Å². The largest absolute Gasteiger partial charge is 0.467 e. The first-order valence-corrected chi connectivity index (χ1v) is 9.09. The maximum Gasteiger partial charge on any atom is 0.333 e. The second kappa shape index (κ2) is 6.52. The van der Waals surface area contributed by atoms with E-state index in [1.54, 1.807) is 0 Å². The van der Waals surface area contributed by atoms with Crippen LogP contribution in [-0.2, 0) is 14.0 Å². The number of aliphatic hydroxyl groups excluding tert-OH is 1. The van der Waals surface area contributed by atoms with Crippen LogP contribution < -0.4 is 0 Å². The van der Waals surface area contributed by atoms with Crippen molar-refractivity contribution in [1.82, 2.24) is 0 Å². The first-order chi connectivity index (χ1) is 7.61. The van der Waals surface area contributed by atoms with Crippen molar-refractivity contribution in [3.63, 3.8) is 0 Å². The number of carbonyl (C=O) groups excluding carboxylic acids is 1. The molecule has 102 valence electrons. The molecular formula is C12H26O4Si. The molecule has 0 aromatic heterocycles. The molecule has 1 atom stereocenters. The highest BCUT2D eigenvalue weighted by Crippen LogP contribution is 2.29. The van der Waals surface area contributed by atoms with Gasteiger partial charge < -0.3 is 14.3 Å². The van der Waals surface area contributed by atoms with Crippen LogP contribution >= 0.6 is 0 Å². The SMILES string of the molecule is COC(=O)[C@H](CCO)O[Si](C)(C)CC(C)(C)C. The zero-order valence-electron chi connectivity index (χ0n) is 11.9. The lowest BCUT2D eigenvalue weighted by molar-refractivity contribution is -0.150. The van der Waals surface area contributed by atoms with Gasteiger partial charge in [0.1, 0.15) is 6.10 Å². The van der Waals surface area contributed by atoms with Gasteiger partial charge in [0.15, 0.2) is 8.32 Å². The highest BCUT2D eigenvalue weighted by molar-refractivity contribution is 6.71. The summed E-state index contributed by atoms with van der Waals surface area (Å²) >= 11 is 0. The Bertz CT molecular complexity index is 245. The fourth-order valence-electron chi connectivity index (χ4n) is 2.18.